The molecule has 0 radical (unpaired) electrons. The first-order valence-electron chi connectivity index (χ1n) is 11.6. The number of carbonyl (C=O) groups is 4. The number of allylic oxidation sites excluding steroid dienone is 1. The summed E-state index contributed by atoms with van der Waals surface area (Å²) >= 11 is 0. The number of ketones is 1. The fourth-order valence-corrected chi connectivity index (χ4v) is 2.96. The first kappa shape index (κ1) is 35.3. The highest BCUT2D eigenvalue weighted by molar-refractivity contribution is 6.07. The molecule has 1 aliphatic rings. The Hall–Kier alpha value is -4.73. The van der Waals surface area contributed by atoms with Gasteiger partial charge in [-0.15, -0.1) is 0 Å². The van der Waals surface area contributed by atoms with Crippen molar-refractivity contribution in [2.75, 3.05) is 38.1 Å². The van der Waals surface area contributed by atoms with Crippen molar-refractivity contribution in [2.24, 2.45) is 0 Å². The van der Waals surface area contributed by atoms with Crippen molar-refractivity contribution in [1.82, 2.24) is 9.88 Å². The second-order valence-electron chi connectivity index (χ2n) is 8.33. The first-order valence-corrected chi connectivity index (χ1v) is 11.6. The van der Waals surface area contributed by atoms with Crippen LogP contribution in [0.15, 0.2) is 54.7 Å². The van der Waals surface area contributed by atoms with Gasteiger partial charge < -0.3 is 25.1 Å². The lowest BCUT2D eigenvalue weighted by Crippen LogP contribution is -2.44. The van der Waals surface area contributed by atoms with Crippen molar-refractivity contribution >= 4 is 41.5 Å². The Balaban J connectivity index is 0.000000522. The summed E-state index contributed by atoms with van der Waals surface area (Å²) in [5.74, 6) is -6.60. The molecule has 10 nitrogen and oxygen atoms in total. The van der Waals surface area contributed by atoms with Gasteiger partial charge in [0.15, 0.2) is 5.78 Å². The van der Waals surface area contributed by atoms with Gasteiger partial charge in [-0.25, -0.2) is 14.4 Å². The van der Waals surface area contributed by atoms with E-state index in [1.54, 1.807) is 24.4 Å². The molecule has 0 unspecified atom stereocenters. The topological polar surface area (TPSA) is 148 Å². The Morgan fingerprint density at radius 3 is 1.81 bits per heavy atom. The van der Waals surface area contributed by atoms with E-state index in [0.717, 1.165) is 43.5 Å². The molecular weight excluding hydrogens is 580 g/mol. The van der Waals surface area contributed by atoms with E-state index in [-0.39, 0.29) is 5.78 Å². The molecule has 0 spiro atoms. The molecule has 228 valence electrons. The molecule has 0 aliphatic carbocycles. The van der Waals surface area contributed by atoms with Gasteiger partial charge in [-0.1, -0.05) is 18.2 Å². The van der Waals surface area contributed by atoms with Crippen molar-refractivity contribution in [3.05, 3.63) is 71.6 Å². The van der Waals surface area contributed by atoms with Crippen molar-refractivity contribution in [3.63, 3.8) is 0 Å². The van der Waals surface area contributed by atoms with Gasteiger partial charge >= 0.3 is 30.3 Å². The number of carbonyl (C=O) groups excluding carboxylic acids is 1. The van der Waals surface area contributed by atoms with Crippen LogP contribution in [0.3, 0.4) is 0 Å². The number of benzene rings is 1. The molecular formula is C26H25F6N3O7. The van der Waals surface area contributed by atoms with E-state index in [1.807, 2.05) is 24.3 Å². The maximum Gasteiger partial charge on any atom is 0.490 e. The predicted molar refractivity (Wildman–Crippen MR) is 138 cm³/mol. The van der Waals surface area contributed by atoms with Crippen LogP contribution >= 0.6 is 0 Å². The van der Waals surface area contributed by atoms with E-state index in [1.165, 1.54) is 12.2 Å². The number of anilines is 1. The van der Waals surface area contributed by atoms with Gasteiger partial charge in [-0.05, 0) is 49.0 Å². The third kappa shape index (κ3) is 13.6. The smallest absolute Gasteiger partial charge is 0.478 e. The van der Waals surface area contributed by atoms with Gasteiger partial charge in [0.25, 0.3) is 0 Å². The van der Waals surface area contributed by atoms with E-state index in [4.69, 9.17) is 24.9 Å². The van der Waals surface area contributed by atoms with Crippen LogP contribution in [-0.4, -0.2) is 94.5 Å². The number of rotatable bonds is 6. The Morgan fingerprint density at radius 1 is 0.810 bits per heavy atom. The molecule has 1 saturated heterocycles. The number of halogens is 6. The largest absolute Gasteiger partial charge is 0.490 e. The summed E-state index contributed by atoms with van der Waals surface area (Å²) in [6.07, 6.45) is -2.86. The van der Waals surface area contributed by atoms with E-state index >= 15 is 0 Å². The van der Waals surface area contributed by atoms with E-state index in [9.17, 15) is 35.9 Å². The quantitative estimate of drug-likeness (QED) is 0.250. The molecule has 1 aromatic carbocycles. The standard InChI is InChI=1S/C22H23N3O3.2C2HF3O2/c1-24-11-13-25(14-12-24)20-4-2-3-18(15-20)21(26)9-6-17-5-7-19(23-16-17)8-10-22(27)28;2*3-2(4,5)1(6)7/h2-10,15-16H,11-14H2,1H3,(H,27,28);2*(H,6,7)/b9-6+,10-8+;;. The second kappa shape index (κ2) is 15.9. The highest BCUT2D eigenvalue weighted by Crippen LogP contribution is 2.19. The molecule has 2 aromatic rings. The number of carboxylic acids is 3. The van der Waals surface area contributed by atoms with Gasteiger partial charge in [0.1, 0.15) is 0 Å². The molecule has 0 atom stereocenters. The van der Waals surface area contributed by atoms with Crippen LogP contribution in [0.1, 0.15) is 21.6 Å². The summed E-state index contributed by atoms with van der Waals surface area (Å²) < 4.78 is 63.5. The van der Waals surface area contributed by atoms with Crippen LogP contribution in [0.2, 0.25) is 0 Å². The van der Waals surface area contributed by atoms with Gasteiger partial charge in [0.05, 0.1) is 5.69 Å². The Bertz CT molecular complexity index is 1260. The summed E-state index contributed by atoms with van der Waals surface area (Å²) in [7, 11) is 2.12. The summed E-state index contributed by atoms with van der Waals surface area (Å²) in [5, 5.41) is 22.9. The molecule has 0 bridgehead atoms. The van der Waals surface area contributed by atoms with Crippen molar-refractivity contribution < 1.29 is 60.8 Å². The molecule has 2 heterocycles. The first-order chi connectivity index (χ1) is 19.4. The highest BCUT2D eigenvalue weighted by Gasteiger charge is 2.38. The third-order valence-corrected chi connectivity index (χ3v) is 5.12. The molecule has 0 amide bonds. The van der Waals surface area contributed by atoms with Crippen LogP contribution in [0, 0.1) is 0 Å². The summed E-state index contributed by atoms with van der Waals surface area (Å²) in [5.41, 5.74) is 3.05. The summed E-state index contributed by atoms with van der Waals surface area (Å²) in [4.78, 5) is 49.6. The number of alkyl halides is 6. The number of carboxylic acid groups (broad SMARTS) is 3. The van der Waals surface area contributed by atoms with Crippen molar-refractivity contribution in [3.8, 4) is 0 Å². The van der Waals surface area contributed by atoms with Crippen LogP contribution in [0.5, 0.6) is 0 Å². The van der Waals surface area contributed by atoms with Crippen molar-refractivity contribution in [2.45, 2.75) is 12.4 Å². The number of aliphatic carboxylic acids is 3. The predicted octanol–water partition coefficient (Wildman–Crippen LogP) is 4.09. The number of piperazine rings is 1. The monoisotopic (exact) mass is 605 g/mol. The minimum absolute atomic E-state index is 0.0640. The number of hydrogen-bond acceptors (Lipinski definition) is 7. The maximum absolute atomic E-state index is 12.5. The molecule has 3 N–H and O–H groups in total. The molecule has 0 saturated carbocycles. The van der Waals surface area contributed by atoms with Crippen LogP contribution in [-0.2, 0) is 14.4 Å². The fourth-order valence-electron chi connectivity index (χ4n) is 2.96. The molecule has 16 heteroatoms. The average Bonchev–Trinajstić information content (AvgIpc) is 2.91. The Morgan fingerprint density at radius 2 is 1.36 bits per heavy atom. The number of hydrogen-bond donors (Lipinski definition) is 3. The summed E-state index contributed by atoms with van der Waals surface area (Å²) in [6, 6.07) is 11.2. The van der Waals surface area contributed by atoms with Crippen LogP contribution in [0.4, 0.5) is 32.0 Å². The van der Waals surface area contributed by atoms with Crippen LogP contribution in [0.25, 0.3) is 12.2 Å². The molecule has 3 rings (SSSR count). The molecule has 42 heavy (non-hydrogen) atoms. The molecule has 1 aromatic heterocycles. The van der Waals surface area contributed by atoms with E-state index in [2.05, 4.69) is 21.8 Å². The van der Waals surface area contributed by atoms with Gasteiger partial charge in [-0.3, -0.25) is 9.78 Å². The minimum Gasteiger partial charge on any atom is -0.478 e. The van der Waals surface area contributed by atoms with Gasteiger partial charge in [-0.2, -0.15) is 26.3 Å². The van der Waals surface area contributed by atoms with Crippen molar-refractivity contribution in [1.29, 1.82) is 0 Å². The zero-order valence-electron chi connectivity index (χ0n) is 21.8. The number of likely N-dealkylation sites (N-methyl/N-ethyl adjacent to an activating group) is 1. The molecule has 1 fully saturated rings. The lowest BCUT2D eigenvalue weighted by atomic mass is 10.1. The number of pyridine rings is 1. The second-order valence-corrected chi connectivity index (χ2v) is 8.33. The molecule has 1 aliphatic heterocycles. The average molecular weight is 605 g/mol. The maximum atomic E-state index is 12.5. The minimum atomic E-state index is -5.08. The normalized spacial score (nSPS) is 14.0. The van der Waals surface area contributed by atoms with E-state index < -0.39 is 30.3 Å². The lowest BCUT2D eigenvalue weighted by molar-refractivity contribution is -0.193. The lowest BCUT2D eigenvalue weighted by Gasteiger charge is -2.34. The van der Waals surface area contributed by atoms with Crippen LogP contribution < -0.4 is 4.90 Å². The number of aromatic nitrogens is 1. The van der Waals surface area contributed by atoms with Gasteiger partial charge in [0, 0.05) is 49.7 Å². The van der Waals surface area contributed by atoms with Gasteiger partial charge in [0.2, 0.25) is 0 Å². The Kier molecular flexibility index (Phi) is 13.4. The SMILES string of the molecule is CN1CCN(c2cccc(C(=O)/C=C/c3ccc(/C=C/C(=O)O)nc3)c2)CC1.O=C(O)C(F)(F)F.O=C(O)C(F)(F)F. The third-order valence-electron chi connectivity index (χ3n) is 5.12. The zero-order valence-corrected chi connectivity index (χ0v) is 21.8. The Labute approximate surface area is 234 Å². The summed E-state index contributed by atoms with van der Waals surface area (Å²) in [6.45, 7) is 3.95. The number of nitrogens with zero attached hydrogens (tertiary/aromatic N) is 3. The fraction of sp³-hybridized carbons (Fsp3) is 0.269. The zero-order chi connectivity index (χ0) is 32.1. The highest BCUT2D eigenvalue weighted by atomic mass is 19.4. The van der Waals surface area contributed by atoms with E-state index in [0.29, 0.717) is 11.3 Å².